The van der Waals surface area contributed by atoms with Crippen molar-refractivity contribution in [3.63, 3.8) is 0 Å². The summed E-state index contributed by atoms with van der Waals surface area (Å²) in [7, 11) is 0. The minimum absolute atomic E-state index is 0.0877. The smallest absolute Gasteiger partial charge is 0.257 e. The molecule has 1 heterocycles. The maximum absolute atomic E-state index is 13.6. The first-order valence-electron chi connectivity index (χ1n) is 7.45. The summed E-state index contributed by atoms with van der Waals surface area (Å²) in [5.74, 6) is -1.34. The molecule has 0 aliphatic carbocycles. The number of carbonyl (C=O) groups excluding carboxylic acids is 1. The standard InChI is InChI=1S/C16H18FN3O3S/c1-3-8-20-14(22)9-13(21)19-16(20)24-10(2)15(23)18-12-7-5-4-6-11(12)17/h4-7,9-10,21H,3,8H2,1-2H3,(H,18,23)/t10-/m0/s1. The van der Waals surface area contributed by atoms with Gasteiger partial charge in [-0.2, -0.15) is 4.98 Å². The maximum atomic E-state index is 13.6. The van der Waals surface area contributed by atoms with E-state index in [-0.39, 0.29) is 16.4 Å². The van der Waals surface area contributed by atoms with E-state index in [0.717, 1.165) is 17.8 Å². The van der Waals surface area contributed by atoms with Crippen LogP contribution < -0.4 is 10.9 Å². The van der Waals surface area contributed by atoms with Crippen LogP contribution in [-0.4, -0.2) is 25.8 Å². The number of anilines is 1. The van der Waals surface area contributed by atoms with Crippen LogP contribution in [0.3, 0.4) is 0 Å². The molecule has 1 atom stereocenters. The Bertz CT molecular complexity index is 794. The molecule has 0 spiro atoms. The summed E-state index contributed by atoms with van der Waals surface area (Å²) in [5.41, 5.74) is -0.293. The van der Waals surface area contributed by atoms with Crippen LogP contribution in [0.25, 0.3) is 0 Å². The Morgan fingerprint density at radius 3 is 2.83 bits per heavy atom. The average molecular weight is 351 g/mol. The zero-order valence-electron chi connectivity index (χ0n) is 13.3. The van der Waals surface area contributed by atoms with Crippen LogP contribution >= 0.6 is 11.8 Å². The number of hydrogen-bond acceptors (Lipinski definition) is 5. The fourth-order valence-corrected chi connectivity index (χ4v) is 2.94. The molecule has 1 aromatic carbocycles. The van der Waals surface area contributed by atoms with Gasteiger partial charge in [0.15, 0.2) is 5.16 Å². The third-order valence-electron chi connectivity index (χ3n) is 3.19. The van der Waals surface area contributed by atoms with Gasteiger partial charge in [0.25, 0.3) is 5.56 Å². The Morgan fingerprint density at radius 2 is 2.17 bits per heavy atom. The molecule has 0 aliphatic heterocycles. The first kappa shape index (κ1) is 18.0. The number of para-hydroxylation sites is 1. The van der Waals surface area contributed by atoms with Crippen molar-refractivity contribution in [3.8, 4) is 5.88 Å². The zero-order valence-corrected chi connectivity index (χ0v) is 14.1. The normalized spacial score (nSPS) is 12.0. The molecule has 0 saturated carbocycles. The molecule has 0 saturated heterocycles. The second-order valence-corrected chi connectivity index (χ2v) is 6.42. The molecule has 0 radical (unpaired) electrons. The minimum atomic E-state index is -0.638. The van der Waals surface area contributed by atoms with Crippen molar-refractivity contribution < 1.29 is 14.3 Å². The lowest BCUT2D eigenvalue weighted by atomic mass is 10.3. The number of rotatable bonds is 6. The van der Waals surface area contributed by atoms with Crippen molar-refractivity contribution in [1.82, 2.24) is 9.55 Å². The molecule has 128 valence electrons. The molecule has 2 rings (SSSR count). The van der Waals surface area contributed by atoms with E-state index in [2.05, 4.69) is 10.3 Å². The van der Waals surface area contributed by atoms with E-state index >= 15 is 0 Å². The van der Waals surface area contributed by atoms with Crippen LogP contribution in [0.2, 0.25) is 0 Å². The molecule has 8 heteroatoms. The van der Waals surface area contributed by atoms with E-state index in [1.165, 1.54) is 22.8 Å². The van der Waals surface area contributed by atoms with E-state index in [1.54, 1.807) is 13.0 Å². The van der Waals surface area contributed by atoms with Gasteiger partial charge < -0.3 is 10.4 Å². The van der Waals surface area contributed by atoms with Crippen molar-refractivity contribution in [3.05, 3.63) is 46.5 Å². The third-order valence-corrected chi connectivity index (χ3v) is 4.28. The van der Waals surface area contributed by atoms with Gasteiger partial charge in [0, 0.05) is 6.54 Å². The van der Waals surface area contributed by atoms with Crippen LogP contribution in [-0.2, 0) is 11.3 Å². The lowest BCUT2D eigenvalue weighted by Crippen LogP contribution is -2.26. The van der Waals surface area contributed by atoms with E-state index in [9.17, 15) is 19.1 Å². The van der Waals surface area contributed by atoms with Crippen molar-refractivity contribution in [2.45, 2.75) is 37.2 Å². The summed E-state index contributed by atoms with van der Waals surface area (Å²) in [4.78, 5) is 28.1. The predicted octanol–water partition coefficient (Wildman–Crippen LogP) is 2.62. The second-order valence-electron chi connectivity index (χ2n) is 5.12. The van der Waals surface area contributed by atoms with Crippen LogP contribution in [0.1, 0.15) is 20.3 Å². The van der Waals surface area contributed by atoms with Gasteiger partial charge in [-0.15, -0.1) is 0 Å². The van der Waals surface area contributed by atoms with Gasteiger partial charge in [-0.25, -0.2) is 4.39 Å². The summed E-state index contributed by atoms with van der Waals surface area (Å²) in [6, 6.07) is 6.90. The molecule has 2 aromatic rings. The number of aromatic hydroxyl groups is 1. The van der Waals surface area contributed by atoms with E-state index in [4.69, 9.17) is 0 Å². The lowest BCUT2D eigenvalue weighted by molar-refractivity contribution is -0.115. The summed E-state index contributed by atoms with van der Waals surface area (Å²) in [5, 5.41) is 11.6. The molecule has 0 bridgehead atoms. The van der Waals surface area contributed by atoms with Gasteiger partial charge in [-0.05, 0) is 25.5 Å². The van der Waals surface area contributed by atoms with Gasteiger partial charge in [0.1, 0.15) is 5.82 Å². The molecule has 6 nitrogen and oxygen atoms in total. The first-order chi connectivity index (χ1) is 11.4. The number of nitrogens with one attached hydrogen (secondary N) is 1. The molecule has 1 amide bonds. The Labute approximate surface area is 142 Å². The van der Waals surface area contributed by atoms with Gasteiger partial charge in [-0.3, -0.25) is 14.2 Å². The number of hydrogen-bond donors (Lipinski definition) is 2. The summed E-state index contributed by atoms with van der Waals surface area (Å²) in [6.45, 7) is 3.95. The topological polar surface area (TPSA) is 84.2 Å². The summed E-state index contributed by atoms with van der Waals surface area (Å²) in [6.07, 6.45) is 0.704. The van der Waals surface area contributed by atoms with Crippen molar-refractivity contribution in [2.24, 2.45) is 0 Å². The van der Waals surface area contributed by atoms with E-state index in [1.807, 2.05) is 6.92 Å². The van der Waals surface area contributed by atoms with Crippen molar-refractivity contribution in [1.29, 1.82) is 0 Å². The van der Waals surface area contributed by atoms with Gasteiger partial charge in [-0.1, -0.05) is 30.8 Å². The quantitative estimate of drug-likeness (QED) is 0.617. The number of nitrogens with zero attached hydrogens (tertiary/aromatic N) is 2. The fourth-order valence-electron chi connectivity index (χ4n) is 2.00. The second kappa shape index (κ2) is 7.96. The molecule has 2 N–H and O–H groups in total. The minimum Gasteiger partial charge on any atom is -0.493 e. The Kier molecular flexibility index (Phi) is 5.97. The maximum Gasteiger partial charge on any atom is 0.257 e. The van der Waals surface area contributed by atoms with Gasteiger partial charge in [0.05, 0.1) is 17.0 Å². The summed E-state index contributed by atoms with van der Waals surface area (Å²) < 4.78 is 15.0. The molecule has 0 fully saturated rings. The predicted molar refractivity (Wildman–Crippen MR) is 90.8 cm³/mol. The Hall–Kier alpha value is -2.35. The van der Waals surface area contributed by atoms with Crippen molar-refractivity contribution >= 4 is 23.4 Å². The molecule has 1 aromatic heterocycles. The molecule has 24 heavy (non-hydrogen) atoms. The highest BCUT2D eigenvalue weighted by Gasteiger charge is 2.19. The largest absolute Gasteiger partial charge is 0.493 e. The average Bonchev–Trinajstić information content (AvgIpc) is 2.52. The molecular formula is C16H18FN3O3S. The molecule has 0 aliphatic rings. The number of thioether (sulfide) groups is 1. The van der Waals surface area contributed by atoms with Gasteiger partial charge in [0.2, 0.25) is 11.8 Å². The highest BCUT2D eigenvalue weighted by Crippen LogP contribution is 2.24. The highest BCUT2D eigenvalue weighted by molar-refractivity contribution is 8.00. The van der Waals surface area contributed by atoms with Gasteiger partial charge >= 0.3 is 0 Å². The van der Waals surface area contributed by atoms with Crippen LogP contribution in [0.15, 0.2) is 40.3 Å². The van der Waals surface area contributed by atoms with E-state index < -0.39 is 22.9 Å². The highest BCUT2D eigenvalue weighted by atomic mass is 32.2. The Balaban J connectivity index is 2.17. The molecular weight excluding hydrogens is 333 g/mol. The SMILES string of the molecule is CCCn1c(S[C@@H](C)C(=O)Nc2ccccc2F)nc(O)cc1=O. The van der Waals surface area contributed by atoms with Crippen LogP contribution in [0.5, 0.6) is 5.88 Å². The number of amides is 1. The third kappa shape index (κ3) is 4.35. The fraction of sp³-hybridized carbons (Fsp3) is 0.312. The zero-order chi connectivity index (χ0) is 17.7. The molecule has 0 unspecified atom stereocenters. The van der Waals surface area contributed by atoms with Crippen LogP contribution in [0, 0.1) is 5.82 Å². The Morgan fingerprint density at radius 1 is 1.46 bits per heavy atom. The monoisotopic (exact) mass is 351 g/mol. The number of benzene rings is 1. The lowest BCUT2D eigenvalue weighted by Gasteiger charge is -2.15. The van der Waals surface area contributed by atoms with Crippen LogP contribution in [0.4, 0.5) is 10.1 Å². The number of aromatic nitrogens is 2. The summed E-state index contributed by atoms with van der Waals surface area (Å²) >= 11 is 1.03. The number of carbonyl (C=O) groups is 1. The first-order valence-corrected chi connectivity index (χ1v) is 8.33. The van der Waals surface area contributed by atoms with E-state index in [0.29, 0.717) is 13.0 Å². The van der Waals surface area contributed by atoms with Crippen molar-refractivity contribution in [2.75, 3.05) is 5.32 Å². The number of halogens is 1.